The van der Waals surface area contributed by atoms with Gasteiger partial charge in [0.1, 0.15) is 11.4 Å². The first kappa shape index (κ1) is 19.9. The van der Waals surface area contributed by atoms with Crippen LogP contribution < -0.4 is 0 Å². The maximum atomic E-state index is 13.6. The van der Waals surface area contributed by atoms with Crippen molar-refractivity contribution in [1.82, 2.24) is 4.90 Å². The molecule has 1 aromatic heterocycles. The van der Waals surface area contributed by atoms with Crippen molar-refractivity contribution in [2.75, 3.05) is 11.5 Å². The van der Waals surface area contributed by atoms with Crippen molar-refractivity contribution in [1.29, 1.82) is 0 Å². The lowest BCUT2D eigenvalue weighted by atomic mass is 10.1. The molecule has 0 spiro atoms. The number of halogens is 2. The van der Waals surface area contributed by atoms with E-state index in [2.05, 4.69) is 0 Å². The van der Waals surface area contributed by atoms with Gasteiger partial charge in [0.15, 0.2) is 9.84 Å². The van der Waals surface area contributed by atoms with Gasteiger partial charge < -0.3 is 9.32 Å². The van der Waals surface area contributed by atoms with E-state index in [1.165, 1.54) is 24.5 Å². The maximum absolute atomic E-state index is 13.6. The fourth-order valence-corrected chi connectivity index (χ4v) is 5.63. The van der Waals surface area contributed by atoms with E-state index in [9.17, 15) is 17.6 Å². The average Bonchev–Trinajstić information content (AvgIpc) is 3.23. The molecule has 1 aliphatic heterocycles. The molecule has 1 aliphatic rings. The number of hydrogen-bond acceptors (Lipinski definition) is 4. The Morgan fingerprint density at radius 3 is 2.72 bits per heavy atom. The number of sulfone groups is 1. The van der Waals surface area contributed by atoms with Gasteiger partial charge >= 0.3 is 0 Å². The predicted molar refractivity (Wildman–Crippen MR) is 109 cm³/mol. The van der Waals surface area contributed by atoms with E-state index in [0.717, 1.165) is 5.56 Å². The van der Waals surface area contributed by atoms with Gasteiger partial charge in [-0.05, 0) is 36.2 Å². The molecular formula is C21H19ClFNO4S. The van der Waals surface area contributed by atoms with Gasteiger partial charge in [0.05, 0.1) is 24.2 Å². The molecule has 0 saturated carbocycles. The molecule has 0 N–H and O–H groups in total. The Bertz CT molecular complexity index is 1170. The first-order valence-electron chi connectivity index (χ1n) is 9.21. The first-order valence-corrected chi connectivity index (χ1v) is 11.4. The maximum Gasteiger partial charge on any atom is 0.227 e. The van der Waals surface area contributed by atoms with Gasteiger partial charge in [-0.2, -0.15) is 0 Å². The van der Waals surface area contributed by atoms with Crippen LogP contribution in [0.3, 0.4) is 0 Å². The molecule has 29 heavy (non-hydrogen) atoms. The quantitative estimate of drug-likeness (QED) is 0.607. The van der Waals surface area contributed by atoms with Crippen LogP contribution in [0.15, 0.2) is 53.1 Å². The van der Waals surface area contributed by atoms with Gasteiger partial charge in [0, 0.05) is 28.6 Å². The van der Waals surface area contributed by atoms with Crippen molar-refractivity contribution in [2.45, 2.75) is 25.4 Å². The summed E-state index contributed by atoms with van der Waals surface area (Å²) in [7, 11) is -3.17. The summed E-state index contributed by atoms with van der Waals surface area (Å²) in [4.78, 5) is 14.8. The van der Waals surface area contributed by atoms with Crippen LogP contribution in [0.4, 0.5) is 4.39 Å². The minimum atomic E-state index is -3.17. The van der Waals surface area contributed by atoms with Crippen molar-refractivity contribution in [3.63, 3.8) is 0 Å². The number of benzene rings is 2. The third-order valence-electron chi connectivity index (χ3n) is 5.23. The molecule has 1 unspecified atom stereocenters. The van der Waals surface area contributed by atoms with Crippen LogP contribution in [-0.2, 0) is 27.6 Å². The van der Waals surface area contributed by atoms with E-state index in [1.54, 1.807) is 17.0 Å². The smallest absolute Gasteiger partial charge is 0.227 e. The summed E-state index contributed by atoms with van der Waals surface area (Å²) in [6.45, 7) is 0.211. The third-order valence-corrected chi connectivity index (χ3v) is 7.34. The molecule has 1 amide bonds. The Balaban J connectivity index is 1.63. The Morgan fingerprint density at radius 2 is 2.00 bits per heavy atom. The average molecular weight is 436 g/mol. The van der Waals surface area contributed by atoms with Crippen molar-refractivity contribution < 1.29 is 22.0 Å². The molecule has 1 saturated heterocycles. The standard InChI is InChI=1S/C21H19ClFNO4S/c22-19-4-2-1-3-14(19)11-24(17-7-8-29(26,27)13-17)21(25)9-15-12-28-20-6-5-16(23)10-18(15)20/h1-6,10,12,17H,7-9,11,13H2. The fourth-order valence-electron chi connectivity index (χ4n) is 3.71. The summed E-state index contributed by atoms with van der Waals surface area (Å²) in [5, 5.41) is 1.05. The second-order valence-corrected chi connectivity index (χ2v) is 9.88. The number of amides is 1. The predicted octanol–water partition coefficient (Wildman–Crippen LogP) is 3.98. The van der Waals surface area contributed by atoms with Crippen LogP contribution in [0.25, 0.3) is 11.0 Å². The largest absolute Gasteiger partial charge is 0.464 e. The topological polar surface area (TPSA) is 67.6 Å². The van der Waals surface area contributed by atoms with Gasteiger partial charge in [-0.1, -0.05) is 29.8 Å². The summed E-state index contributed by atoms with van der Waals surface area (Å²) in [5.41, 5.74) is 1.81. The Morgan fingerprint density at radius 1 is 1.21 bits per heavy atom. The molecular weight excluding hydrogens is 417 g/mol. The molecule has 0 aliphatic carbocycles. The van der Waals surface area contributed by atoms with E-state index in [-0.39, 0.29) is 30.4 Å². The second-order valence-electron chi connectivity index (χ2n) is 7.25. The van der Waals surface area contributed by atoms with Crippen LogP contribution in [0.2, 0.25) is 5.02 Å². The molecule has 3 aromatic rings. The molecule has 0 radical (unpaired) electrons. The van der Waals surface area contributed by atoms with Crippen LogP contribution >= 0.6 is 11.6 Å². The number of carbonyl (C=O) groups excluding carboxylic acids is 1. The minimum absolute atomic E-state index is 0.0164. The molecule has 8 heteroatoms. The Hall–Kier alpha value is -2.38. The normalized spacial score (nSPS) is 18.2. The number of nitrogens with zero attached hydrogens (tertiary/aromatic N) is 1. The van der Waals surface area contributed by atoms with Crippen LogP contribution in [0, 0.1) is 5.82 Å². The van der Waals surface area contributed by atoms with E-state index in [4.69, 9.17) is 16.0 Å². The molecule has 0 bridgehead atoms. The third kappa shape index (κ3) is 4.31. The van der Waals surface area contributed by atoms with E-state index in [1.807, 2.05) is 12.1 Å². The lowest BCUT2D eigenvalue weighted by Gasteiger charge is -2.29. The van der Waals surface area contributed by atoms with Gasteiger partial charge in [0.2, 0.25) is 5.91 Å². The van der Waals surface area contributed by atoms with Crippen molar-refractivity contribution in [3.8, 4) is 0 Å². The zero-order valence-corrected chi connectivity index (χ0v) is 17.0. The van der Waals surface area contributed by atoms with Crippen molar-refractivity contribution in [3.05, 3.63) is 70.7 Å². The molecule has 1 fully saturated rings. The van der Waals surface area contributed by atoms with E-state index >= 15 is 0 Å². The molecule has 152 valence electrons. The van der Waals surface area contributed by atoms with Crippen LogP contribution in [0.5, 0.6) is 0 Å². The molecule has 5 nitrogen and oxygen atoms in total. The molecule has 2 heterocycles. The Kier molecular flexibility index (Phi) is 5.36. The number of carbonyl (C=O) groups is 1. The highest BCUT2D eigenvalue weighted by atomic mass is 35.5. The zero-order valence-electron chi connectivity index (χ0n) is 15.5. The van der Waals surface area contributed by atoms with E-state index < -0.39 is 21.7 Å². The number of rotatable bonds is 5. The monoisotopic (exact) mass is 435 g/mol. The zero-order chi connectivity index (χ0) is 20.6. The van der Waals surface area contributed by atoms with Crippen molar-refractivity contribution >= 4 is 38.3 Å². The number of fused-ring (bicyclic) bond motifs is 1. The summed E-state index contributed by atoms with van der Waals surface area (Å²) in [6, 6.07) is 10.9. The number of furan rings is 1. The number of hydrogen-bond donors (Lipinski definition) is 0. The lowest BCUT2D eigenvalue weighted by molar-refractivity contribution is -0.133. The van der Waals surface area contributed by atoms with Crippen LogP contribution in [0.1, 0.15) is 17.5 Å². The fraction of sp³-hybridized carbons (Fsp3) is 0.286. The first-order chi connectivity index (χ1) is 13.8. The van der Waals surface area contributed by atoms with Gasteiger partial charge in [-0.25, -0.2) is 12.8 Å². The van der Waals surface area contributed by atoms with Gasteiger partial charge in [-0.3, -0.25) is 4.79 Å². The van der Waals surface area contributed by atoms with Crippen molar-refractivity contribution in [2.24, 2.45) is 0 Å². The molecule has 2 aromatic carbocycles. The molecule has 1 atom stereocenters. The van der Waals surface area contributed by atoms with E-state index in [0.29, 0.717) is 28.0 Å². The highest BCUT2D eigenvalue weighted by molar-refractivity contribution is 7.91. The summed E-state index contributed by atoms with van der Waals surface area (Å²) >= 11 is 6.26. The summed E-state index contributed by atoms with van der Waals surface area (Å²) in [6.07, 6.45) is 1.82. The van der Waals surface area contributed by atoms with Crippen LogP contribution in [-0.4, -0.2) is 36.8 Å². The molecule has 4 rings (SSSR count). The second kappa shape index (κ2) is 7.80. The SMILES string of the molecule is O=C(Cc1coc2ccc(F)cc12)N(Cc1ccccc1Cl)C1CCS(=O)(=O)C1. The highest BCUT2D eigenvalue weighted by Gasteiger charge is 2.35. The summed E-state index contributed by atoms with van der Waals surface area (Å²) < 4.78 is 43.1. The van der Waals surface area contributed by atoms with Gasteiger partial charge in [-0.15, -0.1) is 0 Å². The summed E-state index contributed by atoms with van der Waals surface area (Å²) in [5.74, 6) is -0.672. The highest BCUT2D eigenvalue weighted by Crippen LogP contribution is 2.27. The lowest BCUT2D eigenvalue weighted by Crippen LogP contribution is -2.41. The van der Waals surface area contributed by atoms with Gasteiger partial charge in [0.25, 0.3) is 0 Å². The Labute approximate surface area is 173 Å². The minimum Gasteiger partial charge on any atom is -0.464 e.